The predicted octanol–water partition coefficient (Wildman–Crippen LogP) is 0.614. The van der Waals surface area contributed by atoms with Gasteiger partial charge in [0.2, 0.25) is 0 Å². The number of pyridine rings is 1. The SMILES string of the molecule is CC(C)C[C@@H](NC(=O)c1ccn(C)c(=O)c1)C(=O)O. The Morgan fingerprint density at radius 2 is 2.05 bits per heavy atom. The molecular weight excluding hydrogens is 248 g/mol. The predicted molar refractivity (Wildman–Crippen MR) is 70.0 cm³/mol. The highest BCUT2D eigenvalue weighted by Crippen LogP contribution is 2.06. The lowest BCUT2D eigenvalue weighted by Gasteiger charge is -2.16. The van der Waals surface area contributed by atoms with Crippen LogP contribution in [0.3, 0.4) is 0 Å². The number of hydrogen-bond acceptors (Lipinski definition) is 3. The van der Waals surface area contributed by atoms with Crippen molar-refractivity contribution in [1.82, 2.24) is 9.88 Å². The van der Waals surface area contributed by atoms with Gasteiger partial charge in [-0.05, 0) is 18.4 Å². The van der Waals surface area contributed by atoms with Crippen molar-refractivity contribution in [2.75, 3.05) is 0 Å². The molecule has 1 aromatic heterocycles. The molecular formula is C13H18N2O4. The van der Waals surface area contributed by atoms with Crippen LogP contribution >= 0.6 is 0 Å². The van der Waals surface area contributed by atoms with Gasteiger partial charge in [0.1, 0.15) is 6.04 Å². The van der Waals surface area contributed by atoms with E-state index >= 15 is 0 Å². The monoisotopic (exact) mass is 266 g/mol. The average molecular weight is 266 g/mol. The number of aryl methyl sites for hydroxylation is 1. The van der Waals surface area contributed by atoms with Crippen LogP contribution in [-0.2, 0) is 11.8 Å². The first-order chi connectivity index (χ1) is 8.81. The van der Waals surface area contributed by atoms with Crippen molar-refractivity contribution in [3.8, 4) is 0 Å². The van der Waals surface area contributed by atoms with E-state index in [-0.39, 0.29) is 17.0 Å². The average Bonchev–Trinajstić information content (AvgIpc) is 2.31. The van der Waals surface area contributed by atoms with E-state index in [0.29, 0.717) is 6.42 Å². The number of nitrogens with one attached hydrogen (secondary N) is 1. The van der Waals surface area contributed by atoms with Gasteiger partial charge in [0.25, 0.3) is 11.5 Å². The van der Waals surface area contributed by atoms with E-state index in [4.69, 9.17) is 5.11 Å². The Hall–Kier alpha value is -2.11. The molecule has 0 aromatic carbocycles. The second kappa shape index (κ2) is 6.17. The van der Waals surface area contributed by atoms with Gasteiger partial charge >= 0.3 is 5.97 Å². The molecule has 104 valence electrons. The van der Waals surface area contributed by atoms with Crippen LogP contribution < -0.4 is 10.9 Å². The van der Waals surface area contributed by atoms with Crippen molar-refractivity contribution in [3.63, 3.8) is 0 Å². The van der Waals surface area contributed by atoms with Gasteiger partial charge in [0.15, 0.2) is 0 Å². The van der Waals surface area contributed by atoms with Gasteiger partial charge in [0.05, 0.1) is 0 Å². The summed E-state index contributed by atoms with van der Waals surface area (Å²) >= 11 is 0. The van der Waals surface area contributed by atoms with Crippen molar-refractivity contribution in [2.45, 2.75) is 26.3 Å². The fourth-order valence-electron chi connectivity index (χ4n) is 1.62. The zero-order valence-electron chi connectivity index (χ0n) is 11.2. The maximum atomic E-state index is 11.9. The summed E-state index contributed by atoms with van der Waals surface area (Å²) in [5.41, 5.74) is -0.151. The summed E-state index contributed by atoms with van der Waals surface area (Å²) in [5, 5.41) is 11.5. The standard InChI is InChI=1S/C13H18N2O4/c1-8(2)6-10(13(18)19)14-12(17)9-4-5-15(3)11(16)7-9/h4-5,7-8,10H,6H2,1-3H3,(H,14,17)(H,18,19)/t10-/m1/s1. The summed E-state index contributed by atoms with van der Waals surface area (Å²) in [6.07, 6.45) is 1.81. The van der Waals surface area contributed by atoms with Crippen LogP contribution in [0.1, 0.15) is 30.6 Å². The van der Waals surface area contributed by atoms with E-state index in [1.807, 2.05) is 13.8 Å². The number of carbonyl (C=O) groups is 2. The summed E-state index contributed by atoms with van der Waals surface area (Å²) in [6.45, 7) is 3.75. The first-order valence-corrected chi connectivity index (χ1v) is 6.01. The number of amides is 1. The van der Waals surface area contributed by atoms with Gasteiger partial charge in [-0.25, -0.2) is 4.79 Å². The molecule has 1 rings (SSSR count). The summed E-state index contributed by atoms with van der Waals surface area (Å²) in [5.74, 6) is -1.48. The van der Waals surface area contributed by atoms with E-state index in [1.165, 1.54) is 22.9 Å². The second-order valence-corrected chi connectivity index (χ2v) is 4.86. The Labute approximate surface area is 111 Å². The number of carboxylic acids is 1. The van der Waals surface area contributed by atoms with E-state index < -0.39 is 17.9 Å². The molecule has 6 nitrogen and oxygen atoms in total. The van der Waals surface area contributed by atoms with Crippen LogP contribution in [0.2, 0.25) is 0 Å². The number of aromatic nitrogens is 1. The number of rotatable bonds is 5. The fraction of sp³-hybridized carbons (Fsp3) is 0.462. The van der Waals surface area contributed by atoms with Crippen LogP contribution in [0.4, 0.5) is 0 Å². The molecule has 0 spiro atoms. The number of aliphatic carboxylic acids is 1. The zero-order valence-corrected chi connectivity index (χ0v) is 11.2. The minimum absolute atomic E-state index is 0.144. The molecule has 1 aromatic rings. The Morgan fingerprint density at radius 3 is 2.53 bits per heavy atom. The first kappa shape index (κ1) is 14.9. The molecule has 19 heavy (non-hydrogen) atoms. The molecule has 1 amide bonds. The Balaban J connectivity index is 2.84. The van der Waals surface area contributed by atoms with E-state index in [1.54, 1.807) is 7.05 Å². The van der Waals surface area contributed by atoms with Gasteiger partial charge in [-0.1, -0.05) is 13.8 Å². The fourth-order valence-corrected chi connectivity index (χ4v) is 1.62. The van der Waals surface area contributed by atoms with Crippen LogP contribution in [0.15, 0.2) is 23.1 Å². The largest absolute Gasteiger partial charge is 0.480 e. The van der Waals surface area contributed by atoms with Gasteiger partial charge in [-0.2, -0.15) is 0 Å². The number of nitrogens with zero attached hydrogens (tertiary/aromatic N) is 1. The topological polar surface area (TPSA) is 88.4 Å². The molecule has 6 heteroatoms. The third-order valence-electron chi connectivity index (χ3n) is 2.68. The van der Waals surface area contributed by atoms with E-state index in [9.17, 15) is 14.4 Å². The van der Waals surface area contributed by atoms with Gasteiger partial charge in [-0.3, -0.25) is 9.59 Å². The molecule has 1 heterocycles. The molecule has 0 saturated heterocycles. The summed E-state index contributed by atoms with van der Waals surface area (Å²) in [4.78, 5) is 34.3. The second-order valence-electron chi connectivity index (χ2n) is 4.86. The minimum atomic E-state index is -1.08. The molecule has 0 aliphatic rings. The summed E-state index contributed by atoms with van der Waals surface area (Å²) in [7, 11) is 1.57. The molecule has 2 N–H and O–H groups in total. The third kappa shape index (κ3) is 4.24. The molecule has 1 atom stereocenters. The number of hydrogen-bond donors (Lipinski definition) is 2. The molecule has 0 fully saturated rings. The smallest absolute Gasteiger partial charge is 0.326 e. The molecule has 0 radical (unpaired) electrons. The lowest BCUT2D eigenvalue weighted by atomic mass is 10.0. The molecule has 0 aliphatic carbocycles. The molecule has 0 saturated carbocycles. The van der Waals surface area contributed by atoms with Crippen molar-refractivity contribution in [2.24, 2.45) is 13.0 Å². The van der Waals surface area contributed by atoms with Crippen molar-refractivity contribution < 1.29 is 14.7 Å². The van der Waals surface area contributed by atoms with Crippen molar-refractivity contribution >= 4 is 11.9 Å². The first-order valence-electron chi connectivity index (χ1n) is 6.01. The van der Waals surface area contributed by atoms with Crippen molar-refractivity contribution in [3.05, 3.63) is 34.2 Å². The highest BCUT2D eigenvalue weighted by Gasteiger charge is 2.21. The number of carboxylic acid groups (broad SMARTS) is 1. The quantitative estimate of drug-likeness (QED) is 0.817. The minimum Gasteiger partial charge on any atom is -0.480 e. The Bertz CT molecular complexity index is 534. The maximum Gasteiger partial charge on any atom is 0.326 e. The van der Waals surface area contributed by atoms with Gasteiger partial charge < -0.3 is 15.0 Å². The van der Waals surface area contributed by atoms with Gasteiger partial charge in [0, 0.05) is 24.9 Å². The normalized spacial score (nSPS) is 12.2. The van der Waals surface area contributed by atoms with Crippen LogP contribution in [0.25, 0.3) is 0 Å². The van der Waals surface area contributed by atoms with Crippen molar-refractivity contribution in [1.29, 1.82) is 0 Å². The highest BCUT2D eigenvalue weighted by atomic mass is 16.4. The highest BCUT2D eigenvalue weighted by molar-refractivity contribution is 5.96. The number of carbonyl (C=O) groups excluding carboxylic acids is 1. The maximum absolute atomic E-state index is 11.9. The Morgan fingerprint density at radius 1 is 1.42 bits per heavy atom. The van der Waals surface area contributed by atoms with Crippen LogP contribution in [0, 0.1) is 5.92 Å². The summed E-state index contributed by atoms with van der Waals surface area (Å²) in [6, 6.07) is 1.71. The van der Waals surface area contributed by atoms with E-state index in [2.05, 4.69) is 5.32 Å². The van der Waals surface area contributed by atoms with E-state index in [0.717, 1.165) is 0 Å². The lowest BCUT2D eigenvalue weighted by molar-refractivity contribution is -0.139. The van der Waals surface area contributed by atoms with Gasteiger partial charge in [-0.15, -0.1) is 0 Å². The lowest BCUT2D eigenvalue weighted by Crippen LogP contribution is -2.42. The third-order valence-corrected chi connectivity index (χ3v) is 2.68. The summed E-state index contributed by atoms with van der Waals surface area (Å²) < 4.78 is 1.33. The zero-order chi connectivity index (χ0) is 14.6. The van der Waals surface area contributed by atoms with Crippen LogP contribution in [-0.4, -0.2) is 27.6 Å². The molecule has 0 bridgehead atoms. The Kier molecular flexibility index (Phi) is 4.86. The molecule has 0 unspecified atom stereocenters. The molecule has 0 aliphatic heterocycles. The van der Waals surface area contributed by atoms with Crippen LogP contribution in [0.5, 0.6) is 0 Å².